The Kier molecular flexibility index (Phi) is 4.90. The minimum atomic E-state index is -4.98. The second kappa shape index (κ2) is 6.36. The monoisotopic (exact) mass is 385 g/mol. The van der Waals surface area contributed by atoms with E-state index in [0.29, 0.717) is 10.7 Å². The maximum absolute atomic E-state index is 13.4. The lowest BCUT2D eigenvalue weighted by Crippen LogP contribution is -2.18. The van der Waals surface area contributed by atoms with Gasteiger partial charge in [0.25, 0.3) is 0 Å². The van der Waals surface area contributed by atoms with Crippen molar-refractivity contribution < 1.29 is 31.1 Å². The highest BCUT2D eigenvalue weighted by Gasteiger charge is 2.41. The Morgan fingerprint density at radius 2 is 1.68 bits per heavy atom. The molecule has 0 unspecified atom stereocenters. The van der Waals surface area contributed by atoms with Crippen LogP contribution in [-0.4, -0.2) is 20.5 Å². The van der Waals surface area contributed by atoms with Crippen LogP contribution in [0.1, 0.15) is 25.2 Å². The molecule has 0 aliphatic heterocycles. The zero-order chi connectivity index (χ0) is 19.2. The van der Waals surface area contributed by atoms with Crippen LogP contribution in [0.5, 0.6) is 5.75 Å². The summed E-state index contributed by atoms with van der Waals surface area (Å²) in [7, 11) is 1.12. The lowest BCUT2D eigenvalue weighted by molar-refractivity contribution is -0.147. The van der Waals surface area contributed by atoms with Gasteiger partial charge in [-0.25, -0.2) is 4.68 Å². The maximum Gasteiger partial charge on any atom is 0.452 e. The fraction of sp³-hybridized carbons (Fsp3) is 0.429. The Balaban J connectivity index is 2.78. The number of aromatic nitrogens is 3. The Morgan fingerprint density at radius 1 is 1.08 bits per heavy atom. The molecular weight excluding hydrogens is 372 g/mol. The molecule has 2 rings (SSSR count). The van der Waals surface area contributed by atoms with Crippen molar-refractivity contribution in [3.05, 3.63) is 34.4 Å². The molecule has 0 spiro atoms. The number of nitrogens with zero attached hydrogens (tertiary/aromatic N) is 3. The first kappa shape index (κ1) is 19.3. The van der Waals surface area contributed by atoms with Crippen molar-refractivity contribution in [3.8, 4) is 11.4 Å². The molecule has 1 aromatic carbocycles. The lowest BCUT2D eigenvalue weighted by Gasteiger charge is -2.18. The molecule has 1 aromatic heterocycles. The van der Waals surface area contributed by atoms with Crippen LogP contribution in [0.3, 0.4) is 0 Å². The van der Waals surface area contributed by atoms with Gasteiger partial charge in [-0.2, -0.15) is 26.3 Å². The molecule has 0 fully saturated rings. The number of halogens is 6. The third-order valence-corrected chi connectivity index (χ3v) is 3.51. The van der Waals surface area contributed by atoms with E-state index in [2.05, 4.69) is 5.10 Å². The third kappa shape index (κ3) is 3.97. The van der Waals surface area contributed by atoms with E-state index in [4.69, 9.17) is 17.0 Å². The molecule has 0 N–H and O–H groups in total. The molecule has 0 amide bonds. The standard InChI is InChI=1S/C14H13F6N3OS/c1-7(2)24-8-4-5-10(9(6-8)13(15,16)17)23-11(14(18,19)20)21-22(3)12(23)25/h4-7H,1-3H3. The minimum absolute atomic E-state index is 0.116. The van der Waals surface area contributed by atoms with E-state index in [1.54, 1.807) is 13.8 Å². The second-order valence-corrected chi connectivity index (χ2v) is 5.77. The van der Waals surface area contributed by atoms with Gasteiger partial charge in [0.15, 0.2) is 0 Å². The van der Waals surface area contributed by atoms with Gasteiger partial charge in [-0.3, -0.25) is 4.57 Å². The SMILES string of the molecule is CC(C)Oc1ccc(-n2c(C(F)(F)F)nn(C)c2=S)c(C(F)(F)F)c1. The van der Waals surface area contributed by atoms with Crippen LogP contribution < -0.4 is 4.74 Å². The summed E-state index contributed by atoms with van der Waals surface area (Å²) in [4.78, 5) is 0. The van der Waals surface area contributed by atoms with Gasteiger partial charge >= 0.3 is 12.4 Å². The number of hydrogen-bond donors (Lipinski definition) is 0. The molecule has 0 saturated heterocycles. The Morgan fingerprint density at radius 3 is 2.16 bits per heavy atom. The Labute approximate surface area is 143 Å². The summed E-state index contributed by atoms with van der Waals surface area (Å²) >= 11 is 4.82. The highest BCUT2D eigenvalue weighted by Crippen LogP contribution is 2.39. The quantitative estimate of drug-likeness (QED) is 0.564. The van der Waals surface area contributed by atoms with Gasteiger partial charge in [0.2, 0.25) is 10.6 Å². The largest absolute Gasteiger partial charge is 0.491 e. The van der Waals surface area contributed by atoms with Crippen LogP contribution in [0, 0.1) is 4.77 Å². The van der Waals surface area contributed by atoms with Crippen LogP contribution in [0.2, 0.25) is 0 Å². The number of aryl methyl sites for hydroxylation is 1. The van der Waals surface area contributed by atoms with E-state index in [1.165, 1.54) is 0 Å². The van der Waals surface area contributed by atoms with Gasteiger partial charge in [-0.05, 0) is 44.3 Å². The molecule has 1 heterocycles. The average molecular weight is 385 g/mol. The predicted molar refractivity (Wildman–Crippen MR) is 79.1 cm³/mol. The fourth-order valence-corrected chi connectivity index (χ4v) is 2.37. The van der Waals surface area contributed by atoms with Crippen molar-refractivity contribution in [2.45, 2.75) is 32.3 Å². The molecule has 0 aliphatic rings. The lowest BCUT2D eigenvalue weighted by atomic mass is 10.1. The number of alkyl halides is 6. The van der Waals surface area contributed by atoms with Crippen molar-refractivity contribution in [2.75, 3.05) is 0 Å². The van der Waals surface area contributed by atoms with Gasteiger partial charge in [0, 0.05) is 7.05 Å². The summed E-state index contributed by atoms with van der Waals surface area (Å²) in [6, 6.07) is 2.68. The highest BCUT2D eigenvalue weighted by molar-refractivity contribution is 7.71. The first-order valence-electron chi connectivity index (χ1n) is 6.94. The van der Waals surface area contributed by atoms with Crippen molar-refractivity contribution in [3.63, 3.8) is 0 Å². The van der Waals surface area contributed by atoms with E-state index < -0.39 is 40.3 Å². The van der Waals surface area contributed by atoms with Crippen LogP contribution in [0.4, 0.5) is 26.3 Å². The molecule has 0 radical (unpaired) electrons. The molecular formula is C14H13F6N3OS. The summed E-state index contributed by atoms with van der Waals surface area (Å²) in [5, 5.41) is 3.20. The van der Waals surface area contributed by atoms with Crippen molar-refractivity contribution in [1.29, 1.82) is 0 Å². The van der Waals surface area contributed by atoms with Gasteiger partial charge in [0.05, 0.1) is 17.4 Å². The first-order valence-corrected chi connectivity index (χ1v) is 7.34. The zero-order valence-electron chi connectivity index (χ0n) is 13.2. The number of benzene rings is 1. The van der Waals surface area contributed by atoms with Crippen molar-refractivity contribution in [2.24, 2.45) is 7.05 Å². The summed E-state index contributed by atoms with van der Waals surface area (Å²) < 4.78 is 85.3. The number of rotatable bonds is 3. The van der Waals surface area contributed by atoms with E-state index in [0.717, 1.165) is 19.2 Å². The van der Waals surface area contributed by atoms with E-state index >= 15 is 0 Å². The molecule has 0 aliphatic carbocycles. The zero-order valence-corrected chi connectivity index (χ0v) is 14.1. The highest BCUT2D eigenvalue weighted by atomic mass is 32.1. The molecule has 0 bridgehead atoms. The second-order valence-electron chi connectivity index (χ2n) is 5.41. The van der Waals surface area contributed by atoms with Crippen LogP contribution in [0.25, 0.3) is 5.69 Å². The van der Waals surface area contributed by atoms with Crippen LogP contribution in [-0.2, 0) is 19.4 Å². The fourth-order valence-electron chi connectivity index (χ4n) is 2.15. The van der Waals surface area contributed by atoms with Crippen molar-refractivity contribution >= 4 is 12.2 Å². The first-order chi connectivity index (χ1) is 11.3. The number of ether oxygens (including phenoxy) is 1. The Hall–Kier alpha value is -2.04. The molecule has 0 saturated carbocycles. The predicted octanol–water partition coefficient (Wildman–Crippen LogP) is 4.77. The van der Waals surface area contributed by atoms with Gasteiger partial charge in [-0.1, -0.05) is 0 Å². The van der Waals surface area contributed by atoms with Crippen molar-refractivity contribution in [1.82, 2.24) is 14.3 Å². The summed E-state index contributed by atoms with van der Waals surface area (Å²) in [5.74, 6) is -1.65. The summed E-state index contributed by atoms with van der Waals surface area (Å²) in [6.07, 6.45) is -10.3. The molecule has 2 aromatic rings. The molecule has 11 heteroatoms. The van der Waals surface area contributed by atoms with Crippen LogP contribution >= 0.6 is 12.2 Å². The summed E-state index contributed by atoms with van der Waals surface area (Å²) in [6.45, 7) is 3.22. The van der Waals surface area contributed by atoms with Crippen LogP contribution in [0.15, 0.2) is 18.2 Å². The molecule has 138 valence electrons. The minimum Gasteiger partial charge on any atom is -0.491 e. The van der Waals surface area contributed by atoms with Gasteiger partial charge in [-0.15, -0.1) is 5.10 Å². The average Bonchev–Trinajstić information content (AvgIpc) is 2.73. The smallest absolute Gasteiger partial charge is 0.452 e. The summed E-state index contributed by atoms with van der Waals surface area (Å²) in [5.41, 5.74) is -2.07. The number of hydrogen-bond acceptors (Lipinski definition) is 3. The van der Waals surface area contributed by atoms with Gasteiger partial charge < -0.3 is 4.74 Å². The normalized spacial score (nSPS) is 12.7. The van der Waals surface area contributed by atoms with E-state index in [9.17, 15) is 26.3 Å². The molecule has 0 atom stereocenters. The maximum atomic E-state index is 13.4. The van der Waals surface area contributed by atoms with Gasteiger partial charge in [0.1, 0.15) is 5.75 Å². The van der Waals surface area contributed by atoms with E-state index in [-0.39, 0.29) is 10.3 Å². The molecule has 4 nitrogen and oxygen atoms in total. The van der Waals surface area contributed by atoms with E-state index in [1.807, 2.05) is 0 Å². The Bertz CT molecular complexity index is 835. The third-order valence-electron chi connectivity index (χ3n) is 3.06. The molecule has 25 heavy (non-hydrogen) atoms. The topological polar surface area (TPSA) is 32.0 Å².